The molecule has 2 aromatic rings. The molecule has 0 aliphatic heterocycles. The summed E-state index contributed by atoms with van der Waals surface area (Å²) < 4.78 is 0. The quantitative estimate of drug-likeness (QED) is 0.668. The molecule has 0 N–H and O–H groups in total. The summed E-state index contributed by atoms with van der Waals surface area (Å²) in [6.07, 6.45) is 5.86. The number of halogens is 1. The number of nitrogens with zero attached hydrogens (tertiary/aromatic N) is 1. The van der Waals surface area contributed by atoms with E-state index < -0.39 is 0 Å². The highest BCUT2D eigenvalue weighted by atomic mass is 35.5. The maximum atomic E-state index is 6.74. The molecule has 1 fully saturated rings. The minimum absolute atomic E-state index is 0.220. The maximum Gasteiger partial charge on any atom is 0.0866 e. The first-order valence-electron chi connectivity index (χ1n) is 6.33. The number of hydrogen-bond acceptors (Lipinski definition) is 1. The van der Waals surface area contributed by atoms with Crippen LogP contribution in [0, 0.1) is 0 Å². The number of pyridine rings is 1. The number of alkyl halides is 1. The van der Waals surface area contributed by atoms with Crippen LogP contribution >= 0.6 is 11.6 Å². The van der Waals surface area contributed by atoms with Gasteiger partial charge in [-0.3, -0.25) is 4.98 Å². The van der Waals surface area contributed by atoms with Crippen LogP contribution in [-0.2, 0) is 4.87 Å². The van der Waals surface area contributed by atoms with E-state index in [-0.39, 0.29) is 4.87 Å². The number of fused-ring (bicyclic) bond motifs is 1. The fourth-order valence-electron chi connectivity index (χ4n) is 2.68. The Bertz CT molecular complexity index is 529. The molecule has 1 aliphatic rings. The molecule has 1 heterocycles. The minimum Gasteiger partial charge on any atom is -0.251 e. The Hall–Kier alpha value is -1.08. The zero-order chi connectivity index (χ0) is 11.7. The highest BCUT2D eigenvalue weighted by Crippen LogP contribution is 2.42. The van der Waals surface area contributed by atoms with Crippen molar-refractivity contribution in [2.75, 3.05) is 0 Å². The second kappa shape index (κ2) is 4.30. The van der Waals surface area contributed by atoms with Crippen LogP contribution in [0.15, 0.2) is 36.4 Å². The standard InChI is InChI=1S/C15H16ClN/c16-15(10-4-1-5-11-15)14-9-8-12-6-2-3-7-13(12)17-14/h2-3,6-9H,1,4-5,10-11H2. The van der Waals surface area contributed by atoms with Crippen molar-refractivity contribution in [2.45, 2.75) is 37.0 Å². The van der Waals surface area contributed by atoms with Crippen molar-refractivity contribution in [3.05, 3.63) is 42.1 Å². The second-order valence-corrected chi connectivity index (χ2v) is 5.64. The first kappa shape index (κ1) is 11.0. The van der Waals surface area contributed by atoms with Crippen molar-refractivity contribution in [1.82, 2.24) is 4.98 Å². The molecular formula is C15H16ClN. The Balaban J connectivity index is 2.05. The van der Waals surface area contributed by atoms with Gasteiger partial charge < -0.3 is 0 Å². The average molecular weight is 246 g/mol. The number of benzene rings is 1. The SMILES string of the molecule is ClC1(c2ccc3ccccc3n2)CCCCC1. The summed E-state index contributed by atoms with van der Waals surface area (Å²) in [5.74, 6) is 0. The van der Waals surface area contributed by atoms with Gasteiger partial charge in [0.25, 0.3) is 0 Å². The molecule has 3 rings (SSSR count). The average Bonchev–Trinajstić information content (AvgIpc) is 2.39. The Labute approximate surface area is 107 Å². The molecule has 0 spiro atoms. The fraction of sp³-hybridized carbons (Fsp3) is 0.400. The number of para-hydroxylation sites is 1. The van der Waals surface area contributed by atoms with E-state index in [1.54, 1.807) is 0 Å². The zero-order valence-corrected chi connectivity index (χ0v) is 10.6. The van der Waals surface area contributed by atoms with Crippen molar-refractivity contribution in [1.29, 1.82) is 0 Å². The van der Waals surface area contributed by atoms with Crippen molar-refractivity contribution >= 4 is 22.5 Å². The summed E-state index contributed by atoms with van der Waals surface area (Å²) in [4.78, 5) is 4.52. The van der Waals surface area contributed by atoms with Gasteiger partial charge in [-0.15, -0.1) is 11.6 Å². The molecule has 1 aromatic carbocycles. The van der Waals surface area contributed by atoms with Crippen molar-refractivity contribution in [3.63, 3.8) is 0 Å². The third-order valence-corrected chi connectivity index (χ3v) is 4.28. The molecule has 0 unspecified atom stereocenters. The van der Waals surface area contributed by atoms with Crippen LogP contribution in [0.3, 0.4) is 0 Å². The van der Waals surface area contributed by atoms with Crippen molar-refractivity contribution in [2.24, 2.45) is 0 Å². The molecule has 0 atom stereocenters. The molecule has 1 aromatic heterocycles. The van der Waals surface area contributed by atoms with E-state index in [0.29, 0.717) is 0 Å². The van der Waals surface area contributed by atoms with Crippen molar-refractivity contribution < 1.29 is 0 Å². The van der Waals surface area contributed by atoms with Gasteiger partial charge >= 0.3 is 0 Å². The smallest absolute Gasteiger partial charge is 0.0866 e. The van der Waals surface area contributed by atoms with Gasteiger partial charge in [0.05, 0.1) is 16.1 Å². The molecule has 1 saturated carbocycles. The van der Waals surface area contributed by atoms with Gasteiger partial charge in [0, 0.05) is 5.39 Å². The van der Waals surface area contributed by atoms with Crippen LogP contribution in [0.1, 0.15) is 37.8 Å². The lowest BCUT2D eigenvalue weighted by Gasteiger charge is -2.30. The van der Waals surface area contributed by atoms with Gasteiger partial charge in [-0.25, -0.2) is 0 Å². The summed E-state index contributed by atoms with van der Waals surface area (Å²) in [5, 5.41) is 1.19. The summed E-state index contributed by atoms with van der Waals surface area (Å²) >= 11 is 6.74. The van der Waals surface area contributed by atoms with Crippen molar-refractivity contribution in [3.8, 4) is 0 Å². The molecule has 0 saturated heterocycles. The number of aromatic nitrogens is 1. The molecule has 1 aliphatic carbocycles. The summed E-state index contributed by atoms with van der Waals surface area (Å²) in [6.45, 7) is 0. The van der Waals surface area contributed by atoms with Gasteiger partial charge in [0.15, 0.2) is 0 Å². The van der Waals surface area contributed by atoms with Gasteiger partial charge in [0.2, 0.25) is 0 Å². The van der Waals surface area contributed by atoms with E-state index in [1.807, 2.05) is 12.1 Å². The van der Waals surface area contributed by atoms with E-state index in [2.05, 4.69) is 24.3 Å². The number of rotatable bonds is 1. The predicted octanol–water partition coefficient (Wildman–Crippen LogP) is 4.63. The molecule has 88 valence electrons. The summed E-state index contributed by atoms with van der Waals surface area (Å²) in [7, 11) is 0. The molecule has 0 amide bonds. The van der Waals surface area contributed by atoms with Crippen LogP contribution in [0.5, 0.6) is 0 Å². The van der Waals surface area contributed by atoms with Gasteiger partial charge in [-0.05, 0) is 25.0 Å². The monoisotopic (exact) mass is 245 g/mol. The lowest BCUT2D eigenvalue weighted by molar-refractivity contribution is 0.392. The first-order chi connectivity index (χ1) is 8.28. The zero-order valence-electron chi connectivity index (χ0n) is 9.82. The van der Waals surface area contributed by atoms with E-state index in [1.165, 1.54) is 24.6 Å². The van der Waals surface area contributed by atoms with Gasteiger partial charge in [-0.2, -0.15) is 0 Å². The van der Waals surface area contributed by atoms with Crippen LogP contribution in [-0.4, -0.2) is 4.98 Å². The highest BCUT2D eigenvalue weighted by molar-refractivity contribution is 6.23. The summed E-state index contributed by atoms with van der Waals surface area (Å²) in [5.41, 5.74) is 2.10. The third-order valence-electron chi connectivity index (χ3n) is 3.70. The Kier molecular flexibility index (Phi) is 2.79. The molecule has 17 heavy (non-hydrogen) atoms. The largest absolute Gasteiger partial charge is 0.251 e. The fourth-order valence-corrected chi connectivity index (χ4v) is 3.06. The van der Waals surface area contributed by atoms with Crippen LogP contribution in [0.25, 0.3) is 10.9 Å². The maximum absolute atomic E-state index is 6.74. The predicted molar refractivity (Wildman–Crippen MR) is 72.4 cm³/mol. The molecule has 0 bridgehead atoms. The Morgan fingerprint density at radius 3 is 2.53 bits per heavy atom. The topological polar surface area (TPSA) is 12.9 Å². The van der Waals surface area contributed by atoms with E-state index in [0.717, 1.165) is 24.1 Å². The molecule has 1 nitrogen and oxygen atoms in total. The Morgan fingerprint density at radius 1 is 0.941 bits per heavy atom. The number of hydrogen-bond donors (Lipinski definition) is 0. The van der Waals surface area contributed by atoms with E-state index >= 15 is 0 Å². The van der Waals surface area contributed by atoms with Gasteiger partial charge in [-0.1, -0.05) is 43.5 Å². The van der Waals surface area contributed by atoms with Gasteiger partial charge in [0.1, 0.15) is 0 Å². The normalized spacial score (nSPS) is 19.4. The van der Waals surface area contributed by atoms with Crippen LogP contribution in [0.2, 0.25) is 0 Å². The lowest BCUT2D eigenvalue weighted by atomic mass is 9.85. The molecular weight excluding hydrogens is 230 g/mol. The van der Waals surface area contributed by atoms with E-state index in [9.17, 15) is 0 Å². The lowest BCUT2D eigenvalue weighted by Crippen LogP contribution is -2.23. The highest BCUT2D eigenvalue weighted by Gasteiger charge is 2.32. The van der Waals surface area contributed by atoms with E-state index in [4.69, 9.17) is 16.6 Å². The van der Waals surface area contributed by atoms with Crippen LogP contribution < -0.4 is 0 Å². The third kappa shape index (κ3) is 2.04. The Morgan fingerprint density at radius 2 is 1.71 bits per heavy atom. The second-order valence-electron chi connectivity index (χ2n) is 4.92. The molecule has 0 radical (unpaired) electrons. The first-order valence-corrected chi connectivity index (χ1v) is 6.71. The molecule has 2 heteroatoms. The minimum atomic E-state index is -0.220. The van der Waals surface area contributed by atoms with Crippen LogP contribution in [0.4, 0.5) is 0 Å². The summed E-state index contributed by atoms with van der Waals surface area (Å²) in [6, 6.07) is 12.5.